The predicted molar refractivity (Wildman–Crippen MR) is 104 cm³/mol. The number of piperidine rings is 1. The largest absolute Gasteiger partial charge is 0.353 e. The molecule has 1 aliphatic heterocycles. The summed E-state index contributed by atoms with van der Waals surface area (Å²) < 4.78 is 0. The molecule has 0 atom stereocenters. The van der Waals surface area contributed by atoms with E-state index in [9.17, 15) is 9.59 Å². The quantitative estimate of drug-likeness (QED) is 0.686. The summed E-state index contributed by atoms with van der Waals surface area (Å²) in [6, 6.07) is 8.98. The van der Waals surface area contributed by atoms with Crippen LogP contribution in [0.5, 0.6) is 0 Å². The molecule has 0 spiro atoms. The Morgan fingerprint density at radius 3 is 2.35 bits per heavy atom. The van der Waals surface area contributed by atoms with Gasteiger partial charge in [0.1, 0.15) is 0 Å². The maximum absolute atomic E-state index is 12.3. The zero-order valence-electron chi connectivity index (χ0n) is 16.0. The molecule has 26 heavy (non-hydrogen) atoms. The van der Waals surface area contributed by atoms with Crippen molar-refractivity contribution in [1.29, 1.82) is 0 Å². The number of amides is 1. The van der Waals surface area contributed by atoms with Crippen LogP contribution in [0.3, 0.4) is 0 Å². The number of benzene rings is 1. The molecule has 2 fully saturated rings. The minimum Gasteiger partial charge on any atom is -0.353 e. The van der Waals surface area contributed by atoms with Crippen molar-refractivity contribution in [2.75, 3.05) is 13.1 Å². The number of nitrogens with zero attached hydrogens (tertiary/aromatic N) is 1. The highest BCUT2D eigenvalue weighted by Crippen LogP contribution is 2.29. The number of carbonyl (C=O) groups excluding carboxylic acids is 2. The minimum absolute atomic E-state index is 0.0165. The molecule has 1 amide bonds. The molecule has 1 aromatic rings. The summed E-state index contributed by atoms with van der Waals surface area (Å²) in [4.78, 5) is 27.0. The van der Waals surface area contributed by atoms with Gasteiger partial charge < -0.3 is 10.2 Å². The van der Waals surface area contributed by atoms with Gasteiger partial charge in [-0.05, 0) is 44.1 Å². The number of nitrogens with one attached hydrogen (secondary N) is 1. The molecule has 1 aliphatic carbocycles. The summed E-state index contributed by atoms with van der Waals surface area (Å²) in [6.45, 7) is 4.37. The van der Waals surface area contributed by atoms with Crippen molar-refractivity contribution in [3.05, 3.63) is 35.4 Å². The monoisotopic (exact) mass is 356 g/mol. The Hall–Kier alpha value is -1.68. The van der Waals surface area contributed by atoms with Crippen LogP contribution in [0.1, 0.15) is 74.2 Å². The predicted octanol–water partition coefficient (Wildman–Crippen LogP) is 3.74. The Bertz CT molecular complexity index is 599. The molecule has 0 aromatic heterocycles. The van der Waals surface area contributed by atoms with Crippen molar-refractivity contribution in [3.8, 4) is 0 Å². The molecule has 1 aromatic carbocycles. The van der Waals surface area contributed by atoms with Crippen LogP contribution >= 0.6 is 0 Å². The second-order valence-electron chi connectivity index (χ2n) is 7.83. The van der Waals surface area contributed by atoms with E-state index >= 15 is 0 Å². The number of Topliss-reactive ketones (excluding diaryl/α,β-unsaturated/α-hetero) is 1. The Balaban J connectivity index is 1.36. The molecule has 2 aliphatic rings. The fraction of sp³-hybridized carbons (Fsp3) is 0.636. The van der Waals surface area contributed by atoms with Crippen LogP contribution in [-0.4, -0.2) is 41.8 Å². The molecular formula is C22H32N2O2. The van der Waals surface area contributed by atoms with Gasteiger partial charge in [-0.25, -0.2) is 0 Å². The van der Waals surface area contributed by atoms with Crippen LogP contribution in [0.4, 0.5) is 0 Å². The highest BCUT2D eigenvalue weighted by atomic mass is 16.2. The van der Waals surface area contributed by atoms with Crippen LogP contribution in [0.2, 0.25) is 0 Å². The van der Waals surface area contributed by atoms with Crippen LogP contribution < -0.4 is 5.32 Å². The third-order valence-electron chi connectivity index (χ3n) is 5.63. The van der Waals surface area contributed by atoms with Crippen molar-refractivity contribution >= 4 is 11.7 Å². The SMILES string of the molecule is CCCCc1ccc(C(=O)CCC(=O)NC2CCN(C3CC3)CC2)cc1. The van der Waals surface area contributed by atoms with Crippen molar-refractivity contribution in [1.82, 2.24) is 10.2 Å². The zero-order valence-corrected chi connectivity index (χ0v) is 16.0. The van der Waals surface area contributed by atoms with Gasteiger partial charge in [0, 0.05) is 43.6 Å². The lowest BCUT2D eigenvalue weighted by atomic mass is 10.0. The van der Waals surface area contributed by atoms with E-state index in [1.54, 1.807) is 0 Å². The summed E-state index contributed by atoms with van der Waals surface area (Å²) in [5.41, 5.74) is 1.99. The number of hydrogen-bond acceptors (Lipinski definition) is 3. The lowest BCUT2D eigenvalue weighted by molar-refractivity contribution is -0.122. The Morgan fingerprint density at radius 1 is 1.04 bits per heavy atom. The fourth-order valence-corrected chi connectivity index (χ4v) is 3.76. The van der Waals surface area contributed by atoms with E-state index in [0.717, 1.165) is 44.0 Å². The lowest BCUT2D eigenvalue weighted by Crippen LogP contribution is -2.45. The molecular weight excluding hydrogens is 324 g/mol. The Kier molecular flexibility index (Phi) is 6.84. The van der Waals surface area contributed by atoms with E-state index in [4.69, 9.17) is 0 Å². The molecule has 0 bridgehead atoms. The lowest BCUT2D eigenvalue weighted by Gasteiger charge is -2.32. The molecule has 1 saturated heterocycles. The van der Waals surface area contributed by atoms with Crippen LogP contribution in [0.25, 0.3) is 0 Å². The van der Waals surface area contributed by atoms with Gasteiger partial charge in [-0.1, -0.05) is 37.6 Å². The summed E-state index contributed by atoms with van der Waals surface area (Å²) in [6.07, 6.45) is 8.76. The molecule has 0 unspecified atom stereocenters. The zero-order chi connectivity index (χ0) is 18.4. The first-order chi connectivity index (χ1) is 12.7. The molecule has 4 nitrogen and oxygen atoms in total. The summed E-state index contributed by atoms with van der Waals surface area (Å²) >= 11 is 0. The third-order valence-corrected chi connectivity index (χ3v) is 5.63. The Morgan fingerprint density at radius 2 is 1.73 bits per heavy atom. The van der Waals surface area contributed by atoms with Gasteiger partial charge in [-0.2, -0.15) is 0 Å². The van der Waals surface area contributed by atoms with Gasteiger partial charge in [0.2, 0.25) is 5.91 Å². The molecule has 1 N–H and O–H groups in total. The number of aryl methyl sites for hydroxylation is 1. The maximum atomic E-state index is 12.3. The van der Waals surface area contributed by atoms with Crippen molar-refractivity contribution in [3.63, 3.8) is 0 Å². The number of ketones is 1. The van der Waals surface area contributed by atoms with E-state index in [-0.39, 0.29) is 17.7 Å². The number of rotatable bonds is 9. The topological polar surface area (TPSA) is 49.4 Å². The van der Waals surface area contributed by atoms with Gasteiger partial charge in [-0.15, -0.1) is 0 Å². The summed E-state index contributed by atoms with van der Waals surface area (Å²) in [5, 5.41) is 3.12. The average molecular weight is 357 g/mol. The normalized spacial score (nSPS) is 18.7. The van der Waals surface area contributed by atoms with Crippen LogP contribution in [-0.2, 0) is 11.2 Å². The second-order valence-corrected chi connectivity index (χ2v) is 7.83. The maximum Gasteiger partial charge on any atom is 0.220 e. The van der Waals surface area contributed by atoms with Gasteiger partial charge >= 0.3 is 0 Å². The van der Waals surface area contributed by atoms with Crippen molar-refractivity contribution < 1.29 is 9.59 Å². The first-order valence-electron chi connectivity index (χ1n) is 10.3. The average Bonchev–Trinajstić information content (AvgIpc) is 3.51. The fourth-order valence-electron chi connectivity index (χ4n) is 3.76. The molecule has 1 heterocycles. The van der Waals surface area contributed by atoms with Gasteiger partial charge in [0.05, 0.1) is 0 Å². The van der Waals surface area contributed by atoms with Crippen molar-refractivity contribution in [2.45, 2.75) is 76.8 Å². The minimum atomic E-state index is 0.0165. The van der Waals surface area contributed by atoms with E-state index in [0.29, 0.717) is 12.8 Å². The van der Waals surface area contributed by atoms with E-state index in [2.05, 4.69) is 17.1 Å². The number of likely N-dealkylation sites (tertiary alicyclic amines) is 1. The van der Waals surface area contributed by atoms with Crippen LogP contribution in [0, 0.1) is 0 Å². The second kappa shape index (κ2) is 9.31. The standard InChI is InChI=1S/C22H32N2O2/c1-2-3-4-17-5-7-18(8-6-17)21(25)11-12-22(26)23-19-13-15-24(16-14-19)20-9-10-20/h5-8,19-20H,2-4,9-16H2,1H3,(H,23,26). The van der Waals surface area contributed by atoms with E-state index in [1.165, 1.54) is 31.2 Å². The molecule has 142 valence electrons. The van der Waals surface area contributed by atoms with Gasteiger partial charge in [0.15, 0.2) is 5.78 Å². The van der Waals surface area contributed by atoms with Gasteiger partial charge in [-0.3, -0.25) is 9.59 Å². The number of carbonyl (C=O) groups is 2. The molecule has 4 heteroatoms. The Labute approximate surface area is 157 Å². The summed E-state index contributed by atoms with van der Waals surface area (Å²) in [7, 11) is 0. The van der Waals surface area contributed by atoms with Crippen LogP contribution in [0.15, 0.2) is 24.3 Å². The third kappa shape index (κ3) is 5.66. The number of hydrogen-bond donors (Lipinski definition) is 1. The molecule has 3 rings (SSSR count). The highest BCUT2D eigenvalue weighted by molar-refractivity contribution is 5.98. The van der Waals surface area contributed by atoms with E-state index < -0.39 is 0 Å². The first-order valence-corrected chi connectivity index (χ1v) is 10.3. The smallest absolute Gasteiger partial charge is 0.220 e. The van der Waals surface area contributed by atoms with E-state index in [1.807, 2.05) is 24.3 Å². The molecule has 0 radical (unpaired) electrons. The number of unbranched alkanes of at least 4 members (excludes halogenated alkanes) is 1. The summed E-state index contributed by atoms with van der Waals surface area (Å²) in [5.74, 6) is 0.0773. The first kappa shape index (κ1) is 19.1. The molecule has 1 saturated carbocycles. The van der Waals surface area contributed by atoms with Crippen molar-refractivity contribution in [2.24, 2.45) is 0 Å². The van der Waals surface area contributed by atoms with Gasteiger partial charge in [0.25, 0.3) is 0 Å². The highest BCUT2D eigenvalue weighted by Gasteiger charge is 2.32.